The molecule has 0 bridgehead atoms. The largest absolute Gasteiger partial charge is 0.478 e. The summed E-state index contributed by atoms with van der Waals surface area (Å²) in [4.78, 5) is 72.5. The maximum absolute atomic E-state index is 9.63. The number of phosphoric acid groups is 4. The molecule has 1 aromatic rings. The first-order chi connectivity index (χ1) is 11.6. The minimum absolute atomic E-state index is 0.0417. The van der Waals surface area contributed by atoms with Gasteiger partial charge in [-0.3, -0.25) is 0 Å². The van der Waals surface area contributed by atoms with E-state index in [4.69, 9.17) is 56.3 Å². The van der Waals surface area contributed by atoms with Crippen LogP contribution in [0.5, 0.6) is 0 Å². The zero-order valence-electron chi connectivity index (χ0n) is 12.4. The SMILES string of the molecule is Nc1nc(N)nc(N)n1.O=P(O)(O)OP(=O)(O)O.O=P(O)(O)OP(=O)(O)O. The molecule has 27 heavy (non-hydrogen) atoms. The zero-order chi connectivity index (χ0) is 22.3. The Bertz CT molecular complexity index is 658. The summed E-state index contributed by atoms with van der Waals surface area (Å²) < 4.78 is 44.4. The molecule has 0 spiro atoms. The lowest BCUT2D eigenvalue weighted by Gasteiger charge is -2.03. The van der Waals surface area contributed by atoms with E-state index in [1.807, 2.05) is 0 Å². The summed E-state index contributed by atoms with van der Waals surface area (Å²) in [5.74, 6) is 0.125. The molecule has 0 fully saturated rings. The lowest BCUT2D eigenvalue weighted by molar-refractivity contribution is 0.221. The van der Waals surface area contributed by atoms with Gasteiger partial charge in [0.1, 0.15) is 0 Å². The average Bonchev–Trinajstić information content (AvgIpc) is 2.15. The molecule has 14 N–H and O–H groups in total. The Morgan fingerprint density at radius 2 is 0.667 bits per heavy atom. The number of aromatic nitrogens is 3. The molecular formula is C3H14N6O14P4. The molecule has 0 saturated heterocycles. The summed E-state index contributed by atoms with van der Waals surface area (Å²) in [7, 11) is -20.2. The third-order valence-electron chi connectivity index (χ3n) is 1.11. The van der Waals surface area contributed by atoms with Gasteiger partial charge in [-0.15, -0.1) is 0 Å². The highest BCUT2D eigenvalue weighted by Crippen LogP contribution is 2.54. The van der Waals surface area contributed by atoms with Crippen molar-refractivity contribution in [2.24, 2.45) is 0 Å². The van der Waals surface area contributed by atoms with E-state index in [0.717, 1.165) is 0 Å². The van der Waals surface area contributed by atoms with Gasteiger partial charge in [-0.2, -0.15) is 23.6 Å². The fourth-order valence-corrected chi connectivity index (χ4v) is 2.92. The molecule has 0 unspecified atom stereocenters. The maximum atomic E-state index is 9.63. The van der Waals surface area contributed by atoms with Crippen LogP contribution in [0.15, 0.2) is 0 Å². The van der Waals surface area contributed by atoms with Gasteiger partial charge in [0.05, 0.1) is 0 Å². The molecule has 20 nitrogen and oxygen atoms in total. The summed E-state index contributed by atoms with van der Waals surface area (Å²) in [5, 5.41) is 0. The van der Waals surface area contributed by atoms with Gasteiger partial charge in [-0.25, -0.2) is 18.3 Å². The number of hydrogen-bond acceptors (Lipinski definition) is 12. The molecule has 1 heterocycles. The second-order valence-corrected chi connectivity index (χ2v) is 8.77. The molecular weight excluding hydrogens is 468 g/mol. The summed E-state index contributed by atoms with van der Waals surface area (Å²) in [6, 6.07) is 0. The van der Waals surface area contributed by atoms with Crippen molar-refractivity contribution in [3.63, 3.8) is 0 Å². The highest BCUT2D eigenvalue weighted by atomic mass is 31.3. The van der Waals surface area contributed by atoms with E-state index in [-0.39, 0.29) is 17.8 Å². The van der Waals surface area contributed by atoms with Crippen molar-refractivity contribution in [2.75, 3.05) is 17.2 Å². The molecule has 0 atom stereocenters. The number of nitrogens with two attached hydrogens (primary N) is 3. The van der Waals surface area contributed by atoms with Crippen molar-refractivity contribution in [2.45, 2.75) is 0 Å². The third-order valence-corrected chi connectivity index (χ3v) is 4.52. The highest BCUT2D eigenvalue weighted by Gasteiger charge is 2.28. The second kappa shape index (κ2) is 10.5. The third kappa shape index (κ3) is 24.9. The lowest BCUT2D eigenvalue weighted by Crippen LogP contribution is -2.05. The van der Waals surface area contributed by atoms with Gasteiger partial charge in [0, 0.05) is 0 Å². The number of anilines is 3. The van der Waals surface area contributed by atoms with Crippen LogP contribution < -0.4 is 17.2 Å². The quantitative estimate of drug-likeness (QED) is 0.190. The fourth-order valence-electron chi connectivity index (χ4n) is 0.704. The van der Waals surface area contributed by atoms with E-state index in [9.17, 15) is 18.3 Å². The van der Waals surface area contributed by atoms with Crippen LogP contribution in [0.2, 0.25) is 0 Å². The molecule has 0 aromatic carbocycles. The molecule has 1 rings (SSSR count). The molecule has 1 aromatic heterocycles. The Morgan fingerprint density at radius 1 is 0.519 bits per heavy atom. The van der Waals surface area contributed by atoms with Crippen molar-refractivity contribution < 1.29 is 66.0 Å². The Labute approximate surface area is 148 Å². The van der Waals surface area contributed by atoms with Gasteiger partial charge >= 0.3 is 31.3 Å². The maximum Gasteiger partial charge on any atom is 0.478 e. The van der Waals surface area contributed by atoms with Crippen LogP contribution in [-0.2, 0) is 26.9 Å². The van der Waals surface area contributed by atoms with Gasteiger partial charge in [0.25, 0.3) is 0 Å². The van der Waals surface area contributed by atoms with Crippen LogP contribution in [0.25, 0.3) is 0 Å². The minimum Gasteiger partial charge on any atom is -0.368 e. The van der Waals surface area contributed by atoms with Gasteiger partial charge in [-0.05, 0) is 0 Å². The number of hydrogen-bond donors (Lipinski definition) is 11. The standard InChI is InChI=1S/C3H6N6.2H4O7P2/c4-1-7-2(5)9-3(6)8-1;2*1-8(2,3)7-9(4,5)6/h(H6,4,5,6,7,8,9);2*(H2,1,2,3)(H2,4,5,6). The summed E-state index contributed by atoms with van der Waals surface area (Å²) >= 11 is 0. The summed E-state index contributed by atoms with van der Waals surface area (Å²) in [6.07, 6.45) is 0. The Balaban J connectivity index is 0. The van der Waals surface area contributed by atoms with Gasteiger partial charge < -0.3 is 56.3 Å². The Kier molecular flexibility index (Phi) is 10.9. The first-order valence-electron chi connectivity index (χ1n) is 5.27. The highest BCUT2D eigenvalue weighted by molar-refractivity contribution is 7.60. The van der Waals surface area contributed by atoms with Crippen LogP contribution in [0.3, 0.4) is 0 Å². The Morgan fingerprint density at radius 3 is 0.741 bits per heavy atom. The van der Waals surface area contributed by atoms with E-state index in [1.54, 1.807) is 0 Å². The number of nitrogens with zero attached hydrogens (tertiary/aromatic N) is 3. The summed E-state index contributed by atoms with van der Waals surface area (Å²) in [5.41, 5.74) is 15.4. The van der Waals surface area contributed by atoms with Crippen molar-refractivity contribution in [1.82, 2.24) is 15.0 Å². The molecule has 0 aliphatic carbocycles. The number of rotatable bonds is 4. The Hall–Kier alpha value is -1.07. The molecule has 24 heteroatoms. The predicted molar refractivity (Wildman–Crippen MR) is 83.4 cm³/mol. The van der Waals surface area contributed by atoms with Crippen molar-refractivity contribution in [3.05, 3.63) is 0 Å². The van der Waals surface area contributed by atoms with E-state index in [2.05, 4.69) is 23.6 Å². The molecule has 0 saturated carbocycles. The monoisotopic (exact) mass is 482 g/mol. The molecule has 0 aliphatic heterocycles. The van der Waals surface area contributed by atoms with Crippen LogP contribution in [0, 0.1) is 0 Å². The zero-order valence-corrected chi connectivity index (χ0v) is 16.0. The summed E-state index contributed by atoms with van der Waals surface area (Å²) in [6.45, 7) is 0. The average molecular weight is 482 g/mol. The van der Waals surface area contributed by atoms with Crippen LogP contribution in [0.4, 0.5) is 17.8 Å². The predicted octanol–water partition coefficient (Wildman–Crippen LogP) is -3.00. The first kappa shape index (κ1) is 28.1. The lowest BCUT2D eigenvalue weighted by atomic mass is 10.9. The molecule has 0 aliphatic rings. The molecule has 0 radical (unpaired) electrons. The van der Waals surface area contributed by atoms with Gasteiger partial charge in [0.15, 0.2) is 0 Å². The van der Waals surface area contributed by atoms with E-state index in [1.165, 1.54) is 0 Å². The van der Waals surface area contributed by atoms with Crippen molar-refractivity contribution in [1.29, 1.82) is 0 Å². The first-order valence-corrected chi connectivity index (χ1v) is 11.4. The topological polar surface area (TPSA) is 365 Å². The second-order valence-electron chi connectivity index (χ2n) is 3.54. The van der Waals surface area contributed by atoms with E-state index in [0.29, 0.717) is 0 Å². The fraction of sp³-hybridized carbons (Fsp3) is 0. The van der Waals surface area contributed by atoms with Gasteiger partial charge in [0.2, 0.25) is 17.8 Å². The van der Waals surface area contributed by atoms with Crippen molar-refractivity contribution >= 4 is 49.1 Å². The molecule has 0 amide bonds. The van der Waals surface area contributed by atoms with Crippen LogP contribution in [-0.4, -0.2) is 54.1 Å². The minimum atomic E-state index is -5.05. The number of nitrogen functional groups attached to an aromatic ring is 3. The normalized spacial score (nSPS) is 12.3. The molecule has 160 valence electrons. The van der Waals surface area contributed by atoms with Crippen molar-refractivity contribution in [3.8, 4) is 0 Å². The van der Waals surface area contributed by atoms with Crippen LogP contribution >= 0.6 is 31.3 Å². The smallest absolute Gasteiger partial charge is 0.368 e. The van der Waals surface area contributed by atoms with E-state index < -0.39 is 31.3 Å². The van der Waals surface area contributed by atoms with Gasteiger partial charge in [-0.1, -0.05) is 0 Å². The van der Waals surface area contributed by atoms with Crippen LogP contribution in [0.1, 0.15) is 0 Å². The van der Waals surface area contributed by atoms with E-state index >= 15 is 0 Å².